The number of nitrogens with one attached hydrogen (secondary N) is 1. The van der Waals surface area contributed by atoms with Gasteiger partial charge in [0.05, 0.1) is 20.8 Å². The van der Waals surface area contributed by atoms with Crippen molar-refractivity contribution < 1.29 is 32.6 Å². The van der Waals surface area contributed by atoms with Crippen LogP contribution in [0.15, 0.2) is 94.6 Å². The van der Waals surface area contributed by atoms with E-state index in [4.69, 9.17) is 28.0 Å². The van der Waals surface area contributed by atoms with Crippen molar-refractivity contribution in [1.29, 1.82) is 0 Å². The molecule has 0 bridgehead atoms. The van der Waals surface area contributed by atoms with Crippen molar-refractivity contribution >= 4 is 8.25 Å². The van der Waals surface area contributed by atoms with E-state index < -0.39 is 43.5 Å². The summed E-state index contributed by atoms with van der Waals surface area (Å²) in [5, 5.41) is 0. The topological polar surface area (TPSA) is 127 Å². The van der Waals surface area contributed by atoms with Crippen LogP contribution in [-0.4, -0.2) is 49.2 Å². The Kier molecular flexibility index (Phi) is 10.3. The number of aromatic nitrogens is 2. The molecule has 45 heavy (non-hydrogen) atoms. The highest BCUT2D eigenvalue weighted by molar-refractivity contribution is 7.33. The summed E-state index contributed by atoms with van der Waals surface area (Å²) < 4.78 is 49.1. The molecule has 1 fully saturated rings. The number of aryl methyl sites for hydroxylation is 1. The number of nitrogens with zero attached hydrogens (tertiary/aromatic N) is 1. The van der Waals surface area contributed by atoms with E-state index in [2.05, 4.69) is 4.98 Å². The van der Waals surface area contributed by atoms with Crippen molar-refractivity contribution in [3.8, 4) is 11.5 Å². The summed E-state index contributed by atoms with van der Waals surface area (Å²) in [6.45, 7) is 3.48. The number of methoxy groups -OCH3 is 2. The van der Waals surface area contributed by atoms with Gasteiger partial charge >= 0.3 is 13.9 Å². The minimum Gasteiger partial charge on any atom is -0.497 e. The molecule has 1 saturated heterocycles. The van der Waals surface area contributed by atoms with Gasteiger partial charge in [0.25, 0.3) is 5.56 Å². The highest BCUT2D eigenvalue weighted by atomic mass is 31.1. The summed E-state index contributed by atoms with van der Waals surface area (Å²) in [4.78, 5) is 27.1. The van der Waals surface area contributed by atoms with E-state index in [-0.39, 0.29) is 19.6 Å². The van der Waals surface area contributed by atoms with Crippen molar-refractivity contribution in [2.24, 2.45) is 0 Å². The van der Waals surface area contributed by atoms with Gasteiger partial charge < -0.3 is 18.9 Å². The van der Waals surface area contributed by atoms with Crippen LogP contribution >= 0.6 is 8.25 Å². The van der Waals surface area contributed by atoms with Crippen molar-refractivity contribution in [2.75, 3.05) is 27.4 Å². The van der Waals surface area contributed by atoms with E-state index in [1.54, 1.807) is 28.1 Å². The number of hydrogen-bond donors (Lipinski definition) is 1. The average Bonchev–Trinajstić information content (AvgIpc) is 3.46. The van der Waals surface area contributed by atoms with E-state index >= 15 is 0 Å². The Balaban J connectivity index is 1.57. The summed E-state index contributed by atoms with van der Waals surface area (Å²) in [6, 6.07) is 25.0. The first kappa shape index (κ1) is 32.3. The molecule has 1 N–H and O–H groups in total. The van der Waals surface area contributed by atoms with Gasteiger partial charge in [-0.3, -0.25) is 14.3 Å². The predicted molar refractivity (Wildman–Crippen MR) is 167 cm³/mol. The van der Waals surface area contributed by atoms with E-state index in [9.17, 15) is 14.2 Å². The van der Waals surface area contributed by atoms with E-state index in [0.717, 1.165) is 16.7 Å². The fraction of sp³-hybridized carbons (Fsp3) is 0.333. The second-order valence-corrected chi connectivity index (χ2v) is 11.4. The lowest BCUT2D eigenvalue weighted by Crippen LogP contribution is -2.38. The molecule has 11 nitrogen and oxygen atoms in total. The smallest absolute Gasteiger partial charge is 0.497 e. The summed E-state index contributed by atoms with van der Waals surface area (Å²) >= 11 is 0. The van der Waals surface area contributed by atoms with Crippen molar-refractivity contribution in [3.05, 3.63) is 128 Å². The Morgan fingerprint density at radius 1 is 0.911 bits per heavy atom. The minimum absolute atomic E-state index is 0.0273. The average molecular weight is 636 g/mol. The second kappa shape index (κ2) is 14.3. The van der Waals surface area contributed by atoms with Crippen LogP contribution in [0.25, 0.3) is 0 Å². The van der Waals surface area contributed by atoms with Gasteiger partial charge in [-0.1, -0.05) is 54.6 Å². The third-order valence-corrected chi connectivity index (χ3v) is 8.64. The standard InChI is InChI=1S/C33H35N2O9P/c1-5-42-45(38)44-28-19-30(35-20-22(2)31(36)34-32(35)37)43-29(28)21-41-33(23-9-7-6-8-10-23,24-11-15-26(39-3)16-12-24)25-13-17-27(40-4)18-14-25/h6-18,20,28-30H,5,19,21H2,1-4H3/p+1/t28-,29+,30+/m0/s1. The highest BCUT2D eigenvalue weighted by Crippen LogP contribution is 2.44. The first-order chi connectivity index (χ1) is 21.8. The third-order valence-electron chi connectivity index (χ3n) is 7.73. The number of benzene rings is 3. The largest absolute Gasteiger partial charge is 0.697 e. The molecule has 12 heteroatoms. The zero-order chi connectivity index (χ0) is 32.0. The van der Waals surface area contributed by atoms with Crippen LogP contribution in [0.3, 0.4) is 0 Å². The van der Waals surface area contributed by atoms with Gasteiger partial charge in [-0.25, -0.2) is 4.79 Å². The Morgan fingerprint density at radius 3 is 2.04 bits per heavy atom. The molecule has 1 aliphatic rings. The number of rotatable bonds is 13. The number of aromatic amines is 1. The number of hydrogen-bond acceptors (Lipinski definition) is 9. The number of ether oxygens (including phenoxy) is 4. The van der Waals surface area contributed by atoms with Crippen LogP contribution in [0.4, 0.5) is 0 Å². The van der Waals surface area contributed by atoms with Gasteiger partial charge in [-0.15, -0.1) is 9.05 Å². The van der Waals surface area contributed by atoms with Gasteiger partial charge in [0.1, 0.15) is 42.1 Å². The molecule has 0 aliphatic carbocycles. The van der Waals surface area contributed by atoms with Crippen molar-refractivity contribution in [3.63, 3.8) is 0 Å². The highest BCUT2D eigenvalue weighted by Gasteiger charge is 2.46. The van der Waals surface area contributed by atoms with Gasteiger partial charge in [-0.05, 0) is 54.8 Å². The van der Waals surface area contributed by atoms with E-state index in [1.807, 2.05) is 78.9 Å². The molecule has 3 aromatic carbocycles. The summed E-state index contributed by atoms with van der Waals surface area (Å²) in [6.07, 6.45) is -0.739. The molecular weight excluding hydrogens is 599 g/mol. The lowest BCUT2D eigenvalue weighted by atomic mass is 9.80. The molecule has 1 aliphatic heterocycles. The molecule has 0 amide bonds. The van der Waals surface area contributed by atoms with Crippen LogP contribution in [0, 0.1) is 6.92 Å². The Bertz CT molecular complexity index is 1660. The molecule has 2 heterocycles. The molecule has 0 radical (unpaired) electrons. The first-order valence-corrected chi connectivity index (χ1v) is 15.6. The summed E-state index contributed by atoms with van der Waals surface area (Å²) in [5.41, 5.74) is 0.588. The van der Waals surface area contributed by atoms with Gasteiger partial charge in [0, 0.05) is 22.7 Å². The monoisotopic (exact) mass is 635 g/mol. The zero-order valence-corrected chi connectivity index (χ0v) is 26.4. The van der Waals surface area contributed by atoms with Gasteiger partial charge in [0.15, 0.2) is 0 Å². The van der Waals surface area contributed by atoms with Crippen molar-refractivity contribution in [2.45, 2.75) is 44.3 Å². The maximum absolute atomic E-state index is 12.7. The van der Waals surface area contributed by atoms with Crippen LogP contribution in [0.1, 0.15) is 41.8 Å². The molecule has 0 spiro atoms. The lowest BCUT2D eigenvalue weighted by Gasteiger charge is -2.37. The van der Waals surface area contributed by atoms with Crippen LogP contribution in [-0.2, 0) is 28.7 Å². The van der Waals surface area contributed by atoms with Crippen molar-refractivity contribution in [1.82, 2.24) is 9.55 Å². The van der Waals surface area contributed by atoms with Crippen LogP contribution in [0.2, 0.25) is 0 Å². The molecule has 1 aromatic heterocycles. The molecular formula is C33H36N2O9P+. The lowest BCUT2D eigenvalue weighted by molar-refractivity contribution is -0.0920. The van der Waals surface area contributed by atoms with Gasteiger partial charge in [0.2, 0.25) is 0 Å². The SMILES string of the molecule is CCO[P+](=O)O[C@H]1C[C@H](n2cc(C)c(=O)[nH]c2=O)O[C@@H]1COC(c1ccccc1)(c1ccc(OC)cc1)c1ccc(OC)cc1. The maximum atomic E-state index is 12.7. The maximum Gasteiger partial charge on any atom is 0.697 e. The van der Waals surface area contributed by atoms with E-state index in [0.29, 0.717) is 17.1 Å². The fourth-order valence-corrected chi connectivity index (χ4v) is 6.17. The Hall–Kier alpha value is -4.12. The summed E-state index contributed by atoms with van der Waals surface area (Å²) in [5.74, 6) is 1.37. The van der Waals surface area contributed by atoms with Gasteiger partial charge in [-0.2, -0.15) is 0 Å². The third kappa shape index (κ3) is 6.93. The number of H-pyrrole nitrogens is 1. The summed E-state index contributed by atoms with van der Waals surface area (Å²) in [7, 11) is 0.748. The normalized spacial score (nSPS) is 18.5. The second-order valence-electron chi connectivity index (χ2n) is 10.4. The molecule has 5 rings (SSSR count). The molecule has 236 valence electrons. The fourth-order valence-electron chi connectivity index (χ4n) is 5.46. The molecule has 0 saturated carbocycles. The van der Waals surface area contributed by atoms with Crippen LogP contribution < -0.4 is 20.7 Å². The predicted octanol–water partition coefficient (Wildman–Crippen LogP) is 5.24. The van der Waals surface area contributed by atoms with E-state index in [1.165, 1.54) is 10.8 Å². The Morgan fingerprint density at radius 2 is 1.49 bits per heavy atom. The first-order valence-electron chi connectivity index (χ1n) is 14.5. The molecule has 1 unspecified atom stereocenters. The quantitative estimate of drug-likeness (QED) is 0.155. The molecule has 4 aromatic rings. The zero-order valence-electron chi connectivity index (χ0n) is 25.5. The Labute approximate surface area is 261 Å². The minimum atomic E-state index is -2.47. The van der Waals surface area contributed by atoms with Crippen LogP contribution in [0.5, 0.6) is 11.5 Å². The molecule has 4 atom stereocenters.